The maximum atomic E-state index is 5.87. The van der Waals surface area contributed by atoms with E-state index in [4.69, 9.17) is 4.74 Å². The summed E-state index contributed by atoms with van der Waals surface area (Å²) in [6.07, 6.45) is 0.965. The Morgan fingerprint density at radius 3 is 2.41 bits per heavy atom. The summed E-state index contributed by atoms with van der Waals surface area (Å²) in [5.74, 6) is 1.80. The lowest BCUT2D eigenvalue weighted by Crippen LogP contribution is -2.77. The van der Waals surface area contributed by atoms with Gasteiger partial charge in [0.1, 0.15) is 11.5 Å². The first-order valence-corrected chi connectivity index (χ1v) is 5.82. The van der Waals surface area contributed by atoms with Gasteiger partial charge in [0.15, 0.2) is 0 Å². The summed E-state index contributed by atoms with van der Waals surface area (Å²) in [5.41, 5.74) is 1.22. The molecule has 88 valence electrons. The Kier molecular flexibility index (Phi) is 4.17. The van der Waals surface area contributed by atoms with Crippen molar-refractivity contribution in [1.29, 1.82) is 0 Å². The number of benzene rings is 2. The molecule has 0 bridgehead atoms. The van der Waals surface area contributed by atoms with Gasteiger partial charge < -0.3 is 10.1 Å². The molecular formula is C15H17NO. The predicted octanol–water partition coefficient (Wildman–Crippen LogP) is 2.38. The number of nitrogens with two attached hydrogens (primary N) is 1. The second-order valence-corrected chi connectivity index (χ2v) is 3.85. The Morgan fingerprint density at radius 2 is 1.65 bits per heavy atom. The quantitative estimate of drug-likeness (QED) is 0.780. The highest BCUT2D eigenvalue weighted by atomic mass is 16.5. The fourth-order valence-electron chi connectivity index (χ4n) is 1.68. The van der Waals surface area contributed by atoms with Crippen molar-refractivity contribution in [2.75, 3.05) is 6.54 Å². The monoisotopic (exact) mass is 227 g/mol. The number of quaternary nitrogens is 1. The lowest BCUT2D eigenvalue weighted by atomic mass is 10.1. The molecule has 0 aliphatic rings. The predicted molar refractivity (Wildman–Crippen MR) is 68.8 cm³/mol. The molecule has 0 heterocycles. The molecule has 2 rings (SSSR count). The number of hydrogen-bond acceptors (Lipinski definition) is 1. The van der Waals surface area contributed by atoms with E-state index in [1.165, 1.54) is 5.56 Å². The van der Waals surface area contributed by atoms with Crippen LogP contribution < -0.4 is 10.1 Å². The van der Waals surface area contributed by atoms with Crippen LogP contribution in [0.4, 0.5) is 0 Å². The topological polar surface area (TPSA) is 25.8 Å². The summed E-state index contributed by atoms with van der Waals surface area (Å²) in [6.45, 7) is 0.967. The van der Waals surface area contributed by atoms with Gasteiger partial charge in [-0.25, -0.2) is 0 Å². The van der Waals surface area contributed by atoms with Crippen LogP contribution in [0.15, 0.2) is 54.6 Å². The van der Waals surface area contributed by atoms with Crippen LogP contribution in [0.25, 0.3) is 0 Å². The average Bonchev–Trinajstić information content (AvgIpc) is 2.39. The minimum absolute atomic E-state index is 0.874. The Balaban J connectivity index is 2.15. The molecule has 2 nitrogen and oxygen atoms in total. The van der Waals surface area contributed by atoms with Crippen LogP contribution in [-0.2, 0) is 6.42 Å². The first-order chi connectivity index (χ1) is 8.40. The molecule has 0 radical (unpaired) electrons. The lowest BCUT2D eigenvalue weighted by molar-refractivity contribution is -0.594. The third-order valence-electron chi connectivity index (χ3n) is 2.56. The molecule has 0 aliphatic carbocycles. The van der Waals surface area contributed by atoms with Gasteiger partial charge in [0, 0.05) is 12.0 Å². The highest BCUT2D eigenvalue weighted by molar-refractivity contribution is 5.37. The minimum Gasteiger partial charge on any atom is -0.479 e. The number of rotatable bonds is 5. The van der Waals surface area contributed by atoms with Gasteiger partial charge in [-0.15, -0.1) is 0 Å². The first-order valence-electron chi connectivity index (χ1n) is 5.82. The van der Waals surface area contributed by atoms with Crippen LogP contribution in [0.5, 0.6) is 11.5 Å². The summed E-state index contributed by atoms with van der Waals surface area (Å²) in [7, 11) is 3.75. The molecule has 0 aromatic heterocycles. The lowest BCUT2D eigenvalue weighted by Gasteiger charge is -2.10. The Bertz CT molecular complexity index is 453. The molecule has 2 aromatic rings. The molecule has 0 fully saturated rings. The SMILES string of the molecule is [CH2-][NH2+]CCc1ccccc1Oc1ccccc1. The Morgan fingerprint density at radius 1 is 0.941 bits per heavy atom. The van der Waals surface area contributed by atoms with Crippen molar-refractivity contribution >= 4 is 0 Å². The van der Waals surface area contributed by atoms with Crippen LogP contribution in [0.2, 0.25) is 0 Å². The summed E-state index contributed by atoms with van der Waals surface area (Å²) in [5, 5.41) is 1.93. The van der Waals surface area contributed by atoms with Crippen LogP contribution in [0, 0.1) is 7.05 Å². The largest absolute Gasteiger partial charge is 0.479 e. The zero-order valence-electron chi connectivity index (χ0n) is 9.80. The van der Waals surface area contributed by atoms with Crippen LogP contribution in [-0.4, -0.2) is 6.54 Å². The van der Waals surface area contributed by atoms with Gasteiger partial charge in [-0.2, -0.15) is 7.05 Å². The third-order valence-corrected chi connectivity index (χ3v) is 2.56. The van der Waals surface area contributed by atoms with E-state index in [2.05, 4.69) is 13.1 Å². The summed E-state index contributed by atoms with van der Waals surface area (Å²) >= 11 is 0. The highest BCUT2D eigenvalue weighted by Gasteiger charge is 2.03. The molecule has 0 aliphatic heterocycles. The van der Waals surface area contributed by atoms with Crippen molar-refractivity contribution in [3.05, 3.63) is 67.2 Å². The average molecular weight is 227 g/mol. The van der Waals surface area contributed by atoms with Crippen molar-refractivity contribution in [3.63, 3.8) is 0 Å². The van der Waals surface area contributed by atoms with Crippen molar-refractivity contribution in [2.45, 2.75) is 6.42 Å². The van der Waals surface area contributed by atoms with E-state index in [1.807, 2.05) is 53.8 Å². The first kappa shape index (κ1) is 11.7. The maximum Gasteiger partial charge on any atom is 0.130 e. The van der Waals surface area contributed by atoms with Crippen molar-refractivity contribution in [1.82, 2.24) is 0 Å². The van der Waals surface area contributed by atoms with Crippen molar-refractivity contribution in [3.8, 4) is 11.5 Å². The second-order valence-electron chi connectivity index (χ2n) is 3.85. The van der Waals surface area contributed by atoms with E-state index in [9.17, 15) is 0 Å². The molecule has 0 atom stereocenters. The number of hydrogen-bond donors (Lipinski definition) is 1. The van der Waals surface area contributed by atoms with Crippen molar-refractivity contribution < 1.29 is 10.1 Å². The molecule has 17 heavy (non-hydrogen) atoms. The smallest absolute Gasteiger partial charge is 0.130 e. The highest BCUT2D eigenvalue weighted by Crippen LogP contribution is 2.24. The van der Waals surface area contributed by atoms with E-state index < -0.39 is 0 Å². The normalized spacial score (nSPS) is 10.2. The third kappa shape index (κ3) is 3.33. The summed E-state index contributed by atoms with van der Waals surface area (Å²) < 4.78 is 5.87. The molecule has 2 aromatic carbocycles. The van der Waals surface area contributed by atoms with E-state index in [0.29, 0.717) is 0 Å². The van der Waals surface area contributed by atoms with Gasteiger partial charge >= 0.3 is 0 Å². The van der Waals surface area contributed by atoms with Gasteiger partial charge in [-0.05, 0) is 18.2 Å². The van der Waals surface area contributed by atoms with Crippen LogP contribution >= 0.6 is 0 Å². The minimum atomic E-state index is 0.874. The van der Waals surface area contributed by atoms with E-state index in [-0.39, 0.29) is 0 Å². The van der Waals surface area contributed by atoms with Gasteiger partial charge in [0.25, 0.3) is 0 Å². The molecule has 0 saturated heterocycles. The molecule has 0 spiro atoms. The molecule has 2 heteroatoms. The number of para-hydroxylation sites is 2. The molecule has 0 saturated carbocycles. The van der Waals surface area contributed by atoms with E-state index >= 15 is 0 Å². The number of ether oxygens (including phenoxy) is 1. The fourth-order valence-corrected chi connectivity index (χ4v) is 1.68. The zero-order chi connectivity index (χ0) is 11.9. The summed E-state index contributed by atoms with van der Waals surface area (Å²) in [6, 6.07) is 18.0. The second kappa shape index (κ2) is 6.06. The molecular weight excluding hydrogens is 210 g/mol. The van der Waals surface area contributed by atoms with Gasteiger partial charge in [0.05, 0.1) is 6.54 Å². The van der Waals surface area contributed by atoms with E-state index in [1.54, 1.807) is 0 Å². The van der Waals surface area contributed by atoms with Gasteiger partial charge in [0.2, 0.25) is 0 Å². The van der Waals surface area contributed by atoms with Crippen LogP contribution in [0.1, 0.15) is 5.56 Å². The van der Waals surface area contributed by atoms with Gasteiger partial charge in [-0.3, -0.25) is 0 Å². The van der Waals surface area contributed by atoms with Gasteiger partial charge in [-0.1, -0.05) is 36.4 Å². The van der Waals surface area contributed by atoms with Crippen LogP contribution in [0.3, 0.4) is 0 Å². The zero-order valence-corrected chi connectivity index (χ0v) is 9.80. The molecule has 0 amide bonds. The van der Waals surface area contributed by atoms with Crippen molar-refractivity contribution in [2.24, 2.45) is 0 Å². The Hall–Kier alpha value is -1.80. The maximum absolute atomic E-state index is 5.87. The van der Waals surface area contributed by atoms with E-state index in [0.717, 1.165) is 24.5 Å². The Labute approximate surface area is 102 Å². The summed E-state index contributed by atoms with van der Waals surface area (Å²) in [4.78, 5) is 0. The molecule has 0 unspecified atom stereocenters. The fraction of sp³-hybridized carbons (Fsp3) is 0.133. The molecule has 2 N–H and O–H groups in total. The standard InChI is InChI=1S/C15H17NO/c1-16-12-11-13-7-5-6-10-15(13)17-14-8-3-2-4-9-14/h2-10H,1,11-12,16H2.